The first-order valence-electron chi connectivity index (χ1n) is 5.68. The topological polar surface area (TPSA) is 133 Å². The van der Waals surface area contributed by atoms with E-state index in [1.807, 2.05) is 0 Å². The van der Waals surface area contributed by atoms with Crippen LogP contribution in [0.25, 0.3) is 10.4 Å². The number of hydrogen-bond acceptors (Lipinski definition) is 5. The zero-order chi connectivity index (χ0) is 14.0. The fourth-order valence-corrected chi connectivity index (χ4v) is 2.02. The van der Waals surface area contributed by atoms with Crippen molar-refractivity contribution >= 4 is 0 Å². The first-order chi connectivity index (χ1) is 9.01. The zero-order valence-electron chi connectivity index (χ0n) is 10.2. The third-order valence-electron chi connectivity index (χ3n) is 3.07. The number of aromatic amines is 1. The summed E-state index contributed by atoms with van der Waals surface area (Å²) >= 11 is 0. The van der Waals surface area contributed by atoms with Crippen molar-refractivity contribution < 1.29 is 9.84 Å². The van der Waals surface area contributed by atoms with Gasteiger partial charge in [-0.05, 0) is 25.3 Å². The van der Waals surface area contributed by atoms with Crippen LogP contribution in [0.2, 0.25) is 0 Å². The number of aliphatic hydroxyl groups excluding tert-OH is 1. The Hall–Kier alpha value is -2.09. The summed E-state index contributed by atoms with van der Waals surface area (Å²) in [7, 11) is 0. The van der Waals surface area contributed by atoms with Crippen LogP contribution in [0, 0.1) is 6.92 Å². The minimum atomic E-state index is -1.34. The molecule has 0 spiro atoms. The van der Waals surface area contributed by atoms with Crippen LogP contribution in [0.1, 0.15) is 24.6 Å². The average molecular weight is 267 g/mol. The van der Waals surface area contributed by atoms with E-state index < -0.39 is 29.8 Å². The molecule has 1 aliphatic heterocycles. The van der Waals surface area contributed by atoms with Crippen molar-refractivity contribution in [3.63, 3.8) is 0 Å². The van der Waals surface area contributed by atoms with Gasteiger partial charge in [0.05, 0.1) is 6.61 Å². The number of aliphatic hydroxyl groups is 1. The molecule has 0 bridgehead atoms. The molecule has 9 heteroatoms. The largest absolute Gasteiger partial charge is 0.393 e. The van der Waals surface area contributed by atoms with Crippen LogP contribution >= 0.6 is 0 Å². The van der Waals surface area contributed by atoms with Gasteiger partial charge in [-0.25, -0.2) is 4.79 Å². The number of H-pyrrole nitrogens is 1. The van der Waals surface area contributed by atoms with E-state index in [0.717, 1.165) is 0 Å². The Labute approximate surface area is 107 Å². The Balaban J connectivity index is 2.36. The number of ether oxygens (including phenoxy) is 1. The second-order valence-electron chi connectivity index (χ2n) is 4.38. The van der Waals surface area contributed by atoms with Gasteiger partial charge in [0.2, 0.25) is 0 Å². The molecule has 1 saturated heterocycles. The van der Waals surface area contributed by atoms with Crippen LogP contribution < -0.4 is 11.2 Å². The highest BCUT2D eigenvalue weighted by atomic mass is 16.6. The fraction of sp³-hybridized carbons (Fsp3) is 0.600. The van der Waals surface area contributed by atoms with E-state index in [1.54, 1.807) is 6.92 Å². The van der Waals surface area contributed by atoms with Crippen molar-refractivity contribution in [2.75, 3.05) is 6.61 Å². The minimum absolute atomic E-state index is 0.294. The second kappa shape index (κ2) is 4.88. The monoisotopic (exact) mass is 267 g/mol. The van der Waals surface area contributed by atoms with Crippen LogP contribution in [0.4, 0.5) is 0 Å². The van der Waals surface area contributed by atoms with Crippen LogP contribution in [0.5, 0.6) is 0 Å². The molecule has 2 atom stereocenters. The summed E-state index contributed by atoms with van der Waals surface area (Å²) in [6.45, 7) is 1.10. The minimum Gasteiger partial charge on any atom is -0.393 e. The number of rotatable bonds is 3. The van der Waals surface area contributed by atoms with E-state index in [-0.39, 0.29) is 0 Å². The van der Waals surface area contributed by atoms with Gasteiger partial charge in [-0.2, -0.15) is 0 Å². The van der Waals surface area contributed by atoms with Crippen molar-refractivity contribution in [1.82, 2.24) is 9.55 Å². The summed E-state index contributed by atoms with van der Waals surface area (Å²) < 4.78 is 6.69. The smallest absolute Gasteiger partial charge is 0.330 e. The van der Waals surface area contributed by atoms with Gasteiger partial charge >= 0.3 is 5.69 Å². The summed E-state index contributed by atoms with van der Waals surface area (Å²) in [5.41, 5.74) is 6.43. The summed E-state index contributed by atoms with van der Waals surface area (Å²) in [6.07, 6.45) is 1.39. The molecule has 1 aromatic rings. The maximum atomic E-state index is 11.7. The molecule has 1 aliphatic rings. The molecule has 0 saturated carbocycles. The second-order valence-corrected chi connectivity index (χ2v) is 4.38. The lowest BCUT2D eigenvalue weighted by molar-refractivity contribution is -0.0951. The van der Waals surface area contributed by atoms with Gasteiger partial charge in [0, 0.05) is 16.7 Å². The van der Waals surface area contributed by atoms with Crippen LogP contribution in [-0.2, 0) is 4.74 Å². The number of nitrogens with one attached hydrogen (secondary N) is 1. The van der Waals surface area contributed by atoms with Gasteiger partial charge in [-0.1, -0.05) is 5.11 Å². The lowest BCUT2D eigenvalue weighted by Crippen LogP contribution is -2.35. The molecule has 0 aliphatic carbocycles. The molecular weight excluding hydrogens is 254 g/mol. The normalized spacial score (nSPS) is 26.1. The van der Waals surface area contributed by atoms with Crippen molar-refractivity contribution in [3.8, 4) is 0 Å². The molecule has 102 valence electrons. The molecule has 2 rings (SSSR count). The third-order valence-corrected chi connectivity index (χ3v) is 3.07. The lowest BCUT2D eigenvalue weighted by Gasteiger charge is -2.22. The van der Waals surface area contributed by atoms with Crippen LogP contribution in [-0.4, -0.2) is 27.0 Å². The summed E-state index contributed by atoms with van der Waals surface area (Å²) in [5, 5.41) is 12.7. The van der Waals surface area contributed by atoms with Gasteiger partial charge in [-0.15, -0.1) is 0 Å². The van der Waals surface area contributed by atoms with Gasteiger partial charge < -0.3 is 9.84 Å². The number of nitrogens with zero attached hydrogens (tertiary/aromatic N) is 4. The number of aromatic nitrogens is 2. The quantitative estimate of drug-likeness (QED) is 0.458. The van der Waals surface area contributed by atoms with E-state index >= 15 is 0 Å². The standard InChI is InChI=1S/C10H13N5O4/c1-6-4-15(9(18)12-8(6)17)7-2-3-10(5-16,19-7)13-14-11/h4,7,16H,2-3,5H2,1H3,(H,12,17,18)/t7-,10-/m1/s1. The Morgan fingerprint density at radius 2 is 2.47 bits per heavy atom. The first kappa shape index (κ1) is 13.3. The molecule has 0 amide bonds. The predicted molar refractivity (Wildman–Crippen MR) is 64.4 cm³/mol. The van der Waals surface area contributed by atoms with E-state index in [2.05, 4.69) is 15.0 Å². The van der Waals surface area contributed by atoms with Crippen molar-refractivity contribution in [3.05, 3.63) is 43.0 Å². The number of hydrogen-bond donors (Lipinski definition) is 2. The molecule has 19 heavy (non-hydrogen) atoms. The molecule has 0 radical (unpaired) electrons. The SMILES string of the molecule is Cc1cn([C@H]2CC[C@@](CO)(N=[N+]=[N-])O2)c(=O)[nH]c1=O. The molecular formula is C10H13N5O4. The van der Waals surface area contributed by atoms with Gasteiger partial charge in [0.1, 0.15) is 6.23 Å². The van der Waals surface area contributed by atoms with Crippen molar-refractivity contribution in [2.45, 2.75) is 31.7 Å². The maximum absolute atomic E-state index is 11.7. The number of azide groups is 1. The van der Waals surface area contributed by atoms with Crippen molar-refractivity contribution in [1.29, 1.82) is 0 Å². The van der Waals surface area contributed by atoms with Crippen LogP contribution in [0.15, 0.2) is 20.9 Å². The van der Waals surface area contributed by atoms with Crippen molar-refractivity contribution in [2.24, 2.45) is 5.11 Å². The van der Waals surface area contributed by atoms with Gasteiger partial charge in [0.25, 0.3) is 5.56 Å². The fourth-order valence-electron chi connectivity index (χ4n) is 2.02. The summed E-state index contributed by atoms with van der Waals surface area (Å²) in [6, 6.07) is 0. The first-order valence-corrected chi connectivity index (χ1v) is 5.68. The highest BCUT2D eigenvalue weighted by Gasteiger charge is 2.40. The summed E-state index contributed by atoms with van der Waals surface area (Å²) in [5.74, 6) is 0. The maximum Gasteiger partial charge on any atom is 0.330 e. The summed E-state index contributed by atoms with van der Waals surface area (Å²) in [4.78, 5) is 27.8. The average Bonchev–Trinajstić information content (AvgIpc) is 2.79. The van der Waals surface area contributed by atoms with E-state index in [4.69, 9.17) is 10.3 Å². The Bertz CT molecular complexity index is 644. The number of aryl methyl sites for hydroxylation is 1. The molecule has 2 heterocycles. The van der Waals surface area contributed by atoms with Gasteiger partial charge in [0.15, 0.2) is 5.72 Å². The Morgan fingerprint density at radius 3 is 3.11 bits per heavy atom. The highest BCUT2D eigenvalue weighted by molar-refractivity contribution is 5.02. The Kier molecular flexibility index (Phi) is 3.43. The van der Waals surface area contributed by atoms with E-state index in [9.17, 15) is 14.7 Å². The highest BCUT2D eigenvalue weighted by Crippen LogP contribution is 2.36. The zero-order valence-corrected chi connectivity index (χ0v) is 10.2. The molecule has 0 unspecified atom stereocenters. The van der Waals surface area contributed by atoms with Gasteiger partial charge in [-0.3, -0.25) is 14.3 Å². The molecule has 2 N–H and O–H groups in total. The molecule has 9 nitrogen and oxygen atoms in total. The van der Waals surface area contributed by atoms with E-state index in [1.165, 1.54) is 10.8 Å². The third kappa shape index (κ3) is 2.39. The molecule has 1 aromatic heterocycles. The molecule has 0 aromatic carbocycles. The van der Waals surface area contributed by atoms with Crippen LogP contribution in [0.3, 0.4) is 0 Å². The lowest BCUT2D eigenvalue weighted by atomic mass is 10.1. The van der Waals surface area contributed by atoms with E-state index in [0.29, 0.717) is 18.4 Å². The molecule has 1 fully saturated rings. The predicted octanol–water partition coefficient (Wildman–Crippen LogP) is 0.153. The Morgan fingerprint density at radius 1 is 1.74 bits per heavy atom.